The van der Waals surface area contributed by atoms with Gasteiger partial charge in [-0.05, 0) is 37.1 Å². The largest absolute Gasteiger partial charge is 0.623 e. The summed E-state index contributed by atoms with van der Waals surface area (Å²) in [7, 11) is 0. The van der Waals surface area contributed by atoms with Crippen LogP contribution in [0.3, 0.4) is 0 Å². The molecule has 0 bridgehead atoms. The molecule has 0 radical (unpaired) electrons. The molecule has 1 N–H and O–H groups in total. The number of benzene rings is 1. The van der Waals surface area contributed by atoms with Crippen molar-refractivity contribution in [3.8, 4) is 5.75 Å². The number of hydrogen-bond acceptors (Lipinski definition) is 2. The number of phenolic OH excluding ortho intramolecular Hbond substituents is 1. The third-order valence-corrected chi connectivity index (χ3v) is 2.44. The second-order valence-electron chi connectivity index (χ2n) is 5.13. The van der Waals surface area contributed by atoms with Gasteiger partial charge in [-0.1, -0.05) is 0 Å². The maximum atomic E-state index is 11.7. The average molecular weight is 221 g/mol. The summed E-state index contributed by atoms with van der Waals surface area (Å²) in [5.74, 6) is 0.297. The van der Waals surface area contributed by atoms with E-state index in [0.717, 1.165) is 21.4 Å². The minimum Gasteiger partial charge on any atom is -0.623 e. The number of hydroxylamine groups is 1. The maximum Gasteiger partial charge on any atom is 0.182 e. The standard InChI is InChI=1S/C13H19NO2/c1-9-6-11(7-10(2)12(9)15)8-14(16)13(3,4)5/h6-8,15H,1-5H3/b14-8+. The van der Waals surface area contributed by atoms with Crippen molar-refractivity contribution in [3.63, 3.8) is 0 Å². The molecule has 0 unspecified atom stereocenters. The molecular weight excluding hydrogens is 202 g/mol. The Hall–Kier alpha value is -1.51. The minimum atomic E-state index is -0.445. The molecule has 0 spiro atoms. The quantitative estimate of drug-likeness (QED) is 0.343. The summed E-state index contributed by atoms with van der Waals surface area (Å²) in [6.45, 7) is 9.22. The molecule has 3 nitrogen and oxygen atoms in total. The zero-order valence-corrected chi connectivity index (χ0v) is 10.5. The maximum absolute atomic E-state index is 11.7. The normalized spacial score (nSPS) is 12.9. The van der Waals surface area contributed by atoms with Crippen LogP contribution in [0.4, 0.5) is 0 Å². The van der Waals surface area contributed by atoms with Crippen LogP contribution in [0.5, 0.6) is 5.75 Å². The van der Waals surface area contributed by atoms with Crippen LogP contribution in [0.2, 0.25) is 0 Å². The van der Waals surface area contributed by atoms with Crippen LogP contribution in [0.1, 0.15) is 37.5 Å². The Bertz CT molecular complexity index is 405. The molecule has 0 aromatic heterocycles. The first-order valence-corrected chi connectivity index (χ1v) is 5.33. The van der Waals surface area contributed by atoms with Crippen LogP contribution in [-0.4, -0.2) is 21.6 Å². The Morgan fingerprint density at radius 2 is 1.62 bits per heavy atom. The van der Waals surface area contributed by atoms with E-state index in [4.69, 9.17) is 0 Å². The van der Waals surface area contributed by atoms with E-state index in [2.05, 4.69) is 0 Å². The summed E-state index contributed by atoms with van der Waals surface area (Å²) in [6.07, 6.45) is 1.56. The fourth-order valence-corrected chi connectivity index (χ4v) is 1.39. The Labute approximate surface area is 96.6 Å². The highest BCUT2D eigenvalue weighted by Crippen LogP contribution is 2.22. The van der Waals surface area contributed by atoms with Gasteiger partial charge in [0.25, 0.3) is 0 Å². The molecule has 1 aromatic carbocycles. The van der Waals surface area contributed by atoms with Gasteiger partial charge in [-0.2, -0.15) is 0 Å². The minimum absolute atomic E-state index is 0.297. The predicted molar refractivity (Wildman–Crippen MR) is 66.1 cm³/mol. The second-order valence-corrected chi connectivity index (χ2v) is 5.13. The Morgan fingerprint density at radius 1 is 1.19 bits per heavy atom. The van der Waals surface area contributed by atoms with Crippen molar-refractivity contribution in [2.24, 2.45) is 0 Å². The van der Waals surface area contributed by atoms with Gasteiger partial charge in [0, 0.05) is 26.3 Å². The first kappa shape index (κ1) is 12.6. The van der Waals surface area contributed by atoms with Gasteiger partial charge in [0.1, 0.15) is 5.75 Å². The Kier molecular flexibility index (Phi) is 3.27. The first-order valence-electron chi connectivity index (χ1n) is 5.33. The highest BCUT2D eigenvalue weighted by molar-refractivity contribution is 5.77. The SMILES string of the molecule is Cc1cc(/C=[N+](/[O-])C(C)(C)C)cc(C)c1O. The van der Waals surface area contributed by atoms with E-state index in [1.807, 2.05) is 34.6 Å². The van der Waals surface area contributed by atoms with Crippen molar-refractivity contribution in [2.75, 3.05) is 0 Å². The van der Waals surface area contributed by atoms with Crippen molar-refractivity contribution >= 4 is 6.21 Å². The van der Waals surface area contributed by atoms with Gasteiger partial charge in [0.05, 0.1) is 0 Å². The van der Waals surface area contributed by atoms with Crippen molar-refractivity contribution < 1.29 is 9.85 Å². The van der Waals surface area contributed by atoms with E-state index in [0.29, 0.717) is 5.75 Å². The molecule has 0 saturated heterocycles. The van der Waals surface area contributed by atoms with Crippen LogP contribution < -0.4 is 0 Å². The lowest BCUT2D eigenvalue weighted by atomic mass is 10.1. The van der Waals surface area contributed by atoms with Crippen LogP contribution in [-0.2, 0) is 0 Å². The number of aryl methyl sites for hydroxylation is 2. The van der Waals surface area contributed by atoms with E-state index >= 15 is 0 Å². The molecule has 0 heterocycles. The van der Waals surface area contributed by atoms with E-state index in [9.17, 15) is 10.3 Å². The number of hydrogen-bond donors (Lipinski definition) is 1. The molecule has 0 saturated carbocycles. The Balaban J connectivity index is 3.17. The molecule has 0 aliphatic carbocycles. The van der Waals surface area contributed by atoms with E-state index in [1.165, 1.54) is 0 Å². The van der Waals surface area contributed by atoms with Crippen molar-refractivity contribution in [1.82, 2.24) is 0 Å². The lowest BCUT2D eigenvalue weighted by molar-refractivity contribution is -0.530. The number of rotatable bonds is 1. The van der Waals surface area contributed by atoms with Gasteiger partial charge < -0.3 is 10.3 Å². The van der Waals surface area contributed by atoms with Crippen LogP contribution in [0, 0.1) is 19.1 Å². The zero-order valence-electron chi connectivity index (χ0n) is 10.5. The first-order chi connectivity index (χ1) is 7.21. The van der Waals surface area contributed by atoms with E-state index in [-0.39, 0.29) is 0 Å². The van der Waals surface area contributed by atoms with Gasteiger partial charge in [-0.3, -0.25) is 0 Å². The molecule has 1 aromatic rings. The van der Waals surface area contributed by atoms with Gasteiger partial charge in [-0.15, -0.1) is 0 Å². The van der Waals surface area contributed by atoms with E-state index < -0.39 is 5.54 Å². The van der Waals surface area contributed by atoms with Crippen LogP contribution >= 0.6 is 0 Å². The van der Waals surface area contributed by atoms with Crippen molar-refractivity contribution in [2.45, 2.75) is 40.2 Å². The number of aromatic hydroxyl groups is 1. The topological polar surface area (TPSA) is 46.3 Å². The number of phenols is 1. The summed E-state index contributed by atoms with van der Waals surface area (Å²) >= 11 is 0. The summed E-state index contributed by atoms with van der Waals surface area (Å²) in [4.78, 5) is 0. The summed E-state index contributed by atoms with van der Waals surface area (Å²) < 4.78 is 0.929. The average Bonchev–Trinajstić information content (AvgIpc) is 2.12. The third kappa shape index (κ3) is 2.75. The fraction of sp³-hybridized carbons (Fsp3) is 0.462. The molecule has 16 heavy (non-hydrogen) atoms. The molecule has 88 valence electrons. The molecule has 0 aliphatic heterocycles. The highest BCUT2D eigenvalue weighted by atomic mass is 16.5. The molecule has 1 rings (SSSR count). The van der Waals surface area contributed by atoms with Crippen molar-refractivity contribution in [1.29, 1.82) is 0 Å². The monoisotopic (exact) mass is 221 g/mol. The smallest absolute Gasteiger partial charge is 0.182 e. The summed E-state index contributed by atoms with van der Waals surface area (Å²) in [6, 6.07) is 3.61. The van der Waals surface area contributed by atoms with Gasteiger partial charge in [-0.25, -0.2) is 4.74 Å². The highest BCUT2D eigenvalue weighted by Gasteiger charge is 2.18. The lowest BCUT2D eigenvalue weighted by Crippen LogP contribution is -2.29. The second kappa shape index (κ2) is 4.16. The molecular formula is C13H19NO2. The third-order valence-electron chi connectivity index (χ3n) is 2.44. The molecule has 0 aliphatic rings. The molecule has 0 fully saturated rings. The summed E-state index contributed by atoms with van der Waals surface area (Å²) in [5.41, 5.74) is 1.94. The lowest BCUT2D eigenvalue weighted by Gasteiger charge is -2.18. The van der Waals surface area contributed by atoms with Gasteiger partial charge >= 0.3 is 0 Å². The number of nitrogens with zero attached hydrogens (tertiary/aromatic N) is 1. The van der Waals surface area contributed by atoms with Crippen molar-refractivity contribution in [3.05, 3.63) is 34.0 Å². The van der Waals surface area contributed by atoms with Gasteiger partial charge in [0.2, 0.25) is 0 Å². The van der Waals surface area contributed by atoms with Crippen LogP contribution in [0.25, 0.3) is 0 Å². The summed E-state index contributed by atoms with van der Waals surface area (Å²) in [5, 5.41) is 21.4. The molecule has 3 heteroatoms. The van der Waals surface area contributed by atoms with Crippen LogP contribution in [0.15, 0.2) is 12.1 Å². The zero-order chi connectivity index (χ0) is 12.5. The molecule has 0 atom stereocenters. The van der Waals surface area contributed by atoms with E-state index in [1.54, 1.807) is 18.3 Å². The Morgan fingerprint density at radius 3 is 2.00 bits per heavy atom. The molecule has 0 amide bonds. The fourth-order valence-electron chi connectivity index (χ4n) is 1.39. The van der Waals surface area contributed by atoms with Gasteiger partial charge in [0.15, 0.2) is 11.8 Å². The predicted octanol–water partition coefficient (Wildman–Crippen LogP) is 2.74.